The van der Waals surface area contributed by atoms with Gasteiger partial charge in [0.15, 0.2) is 0 Å². The van der Waals surface area contributed by atoms with E-state index in [0.29, 0.717) is 31.7 Å². The molecule has 3 atom stereocenters. The first-order valence-electron chi connectivity index (χ1n) is 17.9. The summed E-state index contributed by atoms with van der Waals surface area (Å²) in [5.41, 5.74) is 8.08. The number of benzene rings is 3. The molecule has 2 heterocycles. The second-order valence-electron chi connectivity index (χ2n) is 14.2. The molecule has 2 fully saturated rings. The first-order chi connectivity index (χ1) is 24.1. The number of amides is 2. The van der Waals surface area contributed by atoms with Gasteiger partial charge in [-0.3, -0.25) is 14.4 Å². The maximum absolute atomic E-state index is 14.7. The lowest BCUT2D eigenvalue weighted by molar-refractivity contribution is -0.138. The molecule has 9 heteroatoms. The molecule has 0 unspecified atom stereocenters. The molecule has 2 bridgehead atoms. The number of aliphatic carboxylic acids is 1. The van der Waals surface area contributed by atoms with Crippen LogP contribution < -0.4 is 10.1 Å². The van der Waals surface area contributed by atoms with Crippen LogP contribution >= 0.6 is 0 Å². The van der Waals surface area contributed by atoms with Crippen molar-refractivity contribution in [1.82, 2.24) is 15.1 Å². The van der Waals surface area contributed by atoms with E-state index in [1.807, 2.05) is 35.2 Å². The highest BCUT2D eigenvalue weighted by Crippen LogP contribution is 2.38. The van der Waals surface area contributed by atoms with Gasteiger partial charge in [-0.2, -0.15) is 0 Å². The predicted molar refractivity (Wildman–Crippen MR) is 193 cm³/mol. The number of carboxylic acid groups (broad SMARTS) is 1. The minimum atomic E-state index is -0.914. The first-order valence-corrected chi connectivity index (χ1v) is 17.9. The number of carbonyl (C=O) groups excluding carboxylic acids is 2. The number of carboxylic acids is 1. The molecule has 3 N–H and O–H groups in total. The summed E-state index contributed by atoms with van der Waals surface area (Å²) in [4.78, 5) is 42.6. The van der Waals surface area contributed by atoms with E-state index in [1.165, 1.54) is 11.1 Å². The van der Waals surface area contributed by atoms with Gasteiger partial charge in [0.2, 0.25) is 5.91 Å². The number of hydrogen-bond acceptors (Lipinski definition) is 6. The molecule has 3 aromatic rings. The number of hydrogen-bond donors (Lipinski definition) is 3. The number of piperazine rings is 1. The third-order valence-electron chi connectivity index (χ3n) is 10.3. The third-order valence-corrected chi connectivity index (χ3v) is 10.3. The Morgan fingerprint density at radius 2 is 1.72 bits per heavy atom. The molecule has 2 amide bonds. The number of aliphatic hydroxyl groups is 1. The van der Waals surface area contributed by atoms with Gasteiger partial charge in [0.1, 0.15) is 5.75 Å². The van der Waals surface area contributed by atoms with Crippen molar-refractivity contribution in [3.05, 3.63) is 106 Å². The molecule has 9 nitrogen and oxygen atoms in total. The minimum Gasteiger partial charge on any atom is -0.493 e. The number of nitrogens with one attached hydrogen (secondary N) is 1. The Bertz CT molecular complexity index is 1730. The number of aryl methyl sites for hydroxylation is 2. The quantitative estimate of drug-likeness (QED) is 0.205. The van der Waals surface area contributed by atoms with Gasteiger partial charge in [-0.25, -0.2) is 0 Å². The van der Waals surface area contributed by atoms with Crippen molar-refractivity contribution in [3.8, 4) is 5.75 Å². The minimum absolute atomic E-state index is 0.0397. The topological polar surface area (TPSA) is 119 Å². The van der Waals surface area contributed by atoms with Crippen molar-refractivity contribution in [3.63, 3.8) is 0 Å². The van der Waals surface area contributed by atoms with Crippen LogP contribution in [0.3, 0.4) is 0 Å². The standard InChI is InChI=1S/C41H49N3O6/c1-26-20-27(2)28(3)37(21-26)50-19-18-29-12-14-30(15-13-29)34-22-32-23-43(38(46)10-7-11-39(47)48)24-35(42-32)40(34)41(49)44(33-16-17-33)25-36(45)31-8-5-4-6-9-31/h4-6,8-9,12-15,20-21,32-33,35-36,42,45H,7,10-11,16-19,22-25H2,1-3H3,(H,47,48)/t32-,35-,36-/m1/s1. The van der Waals surface area contributed by atoms with E-state index < -0.39 is 12.1 Å². The van der Waals surface area contributed by atoms with Crippen LogP contribution in [0.5, 0.6) is 5.75 Å². The molecule has 50 heavy (non-hydrogen) atoms. The van der Waals surface area contributed by atoms with E-state index in [2.05, 4.69) is 62.5 Å². The van der Waals surface area contributed by atoms with Crippen LogP contribution in [0, 0.1) is 20.8 Å². The first kappa shape index (κ1) is 35.4. The summed E-state index contributed by atoms with van der Waals surface area (Å²) < 4.78 is 6.18. The van der Waals surface area contributed by atoms with E-state index in [-0.39, 0.29) is 55.7 Å². The average Bonchev–Trinajstić information content (AvgIpc) is 3.94. The SMILES string of the molecule is Cc1cc(C)c(C)c(OCCc2ccc(C3=C(C(=O)N(C[C@@H](O)c4ccccc4)C4CC4)[C@H]4CN(C(=O)CCCC(=O)O)C[C@@H](C3)N4)cc2)c1. The molecule has 0 spiro atoms. The third kappa shape index (κ3) is 8.45. The number of nitrogens with zero attached hydrogens (tertiary/aromatic N) is 2. The largest absolute Gasteiger partial charge is 0.493 e. The molecule has 3 aliphatic rings. The van der Waals surface area contributed by atoms with Crippen LogP contribution in [0.25, 0.3) is 5.57 Å². The van der Waals surface area contributed by atoms with Gasteiger partial charge in [-0.15, -0.1) is 0 Å². The summed E-state index contributed by atoms with van der Waals surface area (Å²) in [6.07, 6.45) is 2.69. The summed E-state index contributed by atoms with van der Waals surface area (Å²) in [5.74, 6) is -0.182. The van der Waals surface area contributed by atoms with Crippen molar-refractivity contribution < 1.29 is 29.3 Å². The van der Waals surface area contributed by atoms with E-state index in [9.17, 15) is 19.5 Å². The lowest BCUT2D eigenvalue weighted by Crippen LogP contribution is -2.62. The van der Waals surface area contributed by atoms with Crippen molar-refractivity contribution in [2.45, 2.75) is 89.9 Å². The van der Waals surface area contributed by atoms with Crippen LogP contribution in [0.15, 0.2) is 72.3 Å². The van der Waals surface area contributed by atoms with Gasteiger partial charge in [-0.05, 0) is 91.5 Å². The number of aliphatic hydroxyl groups excluding tert-OH is 1. The normalized spacial score (nSPS) is 19.2. The van der Waals surface area contributed by atoms with Gasteiger partial charge in [0, 0.05) is 50.0 Å². The van der Waals surface area contributed by atoms with E-state index in [0.717, 1.165) is 52.8 Å². The number of ether oxygens (including phenoxy) is 1. The molecule has 0 aromatic heterocycles. The maximum Gasteiger partial charge on any atom is 0.303 e. The Hall–Kier alpha value is -4.47. The van der Waals surface area contributed by atoms with Crippen LogP contribution in [-0.2, 0) is 20.8 Å². The van der Waals surface area contributed by atoms with Crippen LogP contribution in [0.1, 0.15) is 78.0 Å². The van der Waals surface area contributed by atoms with E-state index in [4.69, 9.17) is 9.84 Å². The number of rotatable bonds is 14. The monoisotopic (exact) mass is 679 g/mol. The predicted octanol–water partition coefficient (Wildman–Crippen LogP) is 5.54. The van der Waals surface area contributed by atoms with Crippen molar-refractivity contribution in [1.29, 1.82) is 0 Å². The van der Waals surface area contributed by atoms with Gasteiger partial charge in [-0.1, -0.05) is 60.7 Å². The zero-order chi connectivity index (χ0) is 35.4. The molecular formula is C41H49N3O6. The smallest absolute Gasteiger partial charge is 0.303 e. The summed E-state index contributed by atoms with van der Waals surface area (Å²) in [6.45, 7) is 7.84. The summed E-state index contributed by atoms with van der Waals surface area (Å²) in [7, 11) is 0. The maximum atomic E-state index is 14.7. The van der Waals surface area contributed by atoms with Crippen molar-refractivity contribution in [2.24, 2.45) is 0 Å². The van der Waals surface area contributed by atoms with Crippen molar-refractivity contribution >= 4 is 23.4 Å². The van der Waals surface area contributed by atoms with Gasteiger partial charge in [0.05, 0.1) is 25.3 Å². The second kappa shape index (κ2) is 15.6. The molecule has 1 saturated heterocycles. The summed E-state index contributed by atoms with van der Waals surface area (Å²) >= 11 is 0. The zero-order valence-corrected chi connectivity index (χ0v) is 29.4. The Morgan fingerprint density at radius 1 is 0.980 bits per heavy atom. The van der Waals surface area contributed by atoms with E-state index >= 15 is 0 Å². The molecule has 0 radical (unpaired) electrons. The average molecular weight is 680 g/mol. The molecule has 1 saturated carbocycles. The lowest BCUT2D eigenvalue weighted by atomic mass is 9.82. The molecule has 264 valence electrons. The Morgan fingerprint density at radius 3 is 2.42 bits per heavy atom. The highest BCUT2D eigenvalue weighted by atomic mass is 16.5. The molecule has 3 aromatic carbocycles. The molecular weight excluding hydrogens is 630 g/mol. The fraction of sp³-hybridized carbons (Fsp3) is 0.439. The Labute approximate surface area is 294 Å². The molecule has 2 aliphatic heterocycles. The highest BCUT2D eigenvalue weighted by molar-refractivity contribution is 6.03. The van der Waals surface area contributed by atoms with Crippen LogP contribution in [-0.4, -0.2) is 82.2 Å². The number of fused-ring (bicyclic) bond motifs is 2. The fourth-order valence-corrected chi connectivity index (χ4v) is 7.33. The lowest BCUT2D eigenvalue weighted by Gasteiger charge is -2.45. The fourth-order valence-electron chi connectivity index (χ4n) is 7.33. The summed E-state index contributed by atoms with van der Waals surface area (Å²) in [6, 6.07) is 21.7. The highest BCUT2D eigenvalue weighted by Gasteiger charge is 2.43. The second-order valence-corrected chi connectivity index (χ2v) is 14.2. The van der Waals surface area contributed by atoms with Crippen LogP contribution in [0.4, 0.5) is 0 Å². The zero-order valence-electron chi connectivity index (χ0n) is 29.4. The Balaban J connectivity index is 1.25. The summed E-state index contributed by atoms with van der Waals surface area (Å²) in [5, 5.41) is 23.9. The van der Waals surface area contributed by atoms with Gasteiger partial charge >= 0.3 is 5.97 Å². The molecule has 1 aliphatic carbocycles. The van der Waals surface area contributed by atoms with Crippen molar-refractivity contribution in [2.75, 3.05) is 26.2 Å². The Kier molecular flexibility index (Phi) is 11.0. The number of carbonyl (C=O) groups is 3. The van der Waals surface area contributed by atoms with Gasteiger partial charge < -0.3 is 30.1 Å². The molecule has 6 rings (SSSR count). The van der Waals surface area contributed by atoms with Crippen LogP contribution in [0.2, 0.25) is 0 Å². The van der Waals surface area contributed by atoms with E-state index in [1.54, 1.807) is 4.90 Å². The van der Waals surface area contributed by atoms with Gasteiger partial charge in [0.25, 0.3) is 5.91 Å².